The highest BCUT2D eigenvalue weighted by Crippen LogP contribution is 2.33. The second-order valence-corrected chi connectivity index (χ2v) is 4.63. The number of nitro groups is 1. The monoisotopic (exact) mass is 215 g/mol. The Hall–Kier alpha value is -1.10. The van der Waals surface area contributed by atoms with Gasteiger partial charge in [-0.1, -0.05) is 19.9 Å². The highest BCUT2D eigenvalue weighted by molar-refractivity contribution is 8.00. The molecule has 76 valence electrons. The average Bonchev–Trinajstić information content (AvgIpc) is 2.01. The molecule has 0 spiro atoms. The van der Waals surface area contributed by atoms with Crippen LogP contribution in [0.1, 0.15) is 13.8 Å². The van der Waals surface area contributed by atoms with Crippen molar-refractivity contribution in [3.05, 3.63) is 34.1 Å². The smallest absolute Gasteiger partial charge is 0.258 e. The largest absolute Gasteiger partial charge is 0.318 e. The van der Waals surface area contributed by atoms with E-state index in [0.717, 1.165) is 6.07 Å². The first-order valence-electron chi connectivity index (χ1n) is 4.12. The number of hydrogen-bond donors (Lipinski definition) is 0. The van der Waals surface area contributed by atoms with Gasteiger partial charge in [0.2, 0.25) is 5.82 Å². The van der Waals surface area contributed by atoms with E-state index in [2.05, 4.69) is 0 Å². The topological polar surface area (TPSA) is 43.1 Å². The van der Waals surface area contributed by atoms with E-state index in [1.165, 1.54) is 17.8 Å². The Balaban J connectivity index is 3.14. The molecule has 0 heterocycles. The van der Waals surface area contributed by atoms with Gasteiger partial charge in [-0.3, -0.25) is 10.1 Å². The van der Waals surface area contributed by atoms with E-state index in [4.69, 9.17) is 0 Å². The molecule has 0 aromatic heterocycles. The van der Waals surface area contributed by atoms with Crippen molar-refractivity contribution >= 4 is 17.4 Å². The van der Waals surface area contributed by atoms with Crippen molar-refractivity contribution in [2.75, 3.05) is 0 Å². The van der Waals surface area contributed by atoms with Crippen molar-refractivity contribution in [3.63, 3.8) is 0 Å². The summed E-state index contributed by atoms with van der Waals surface area (Å²) in [7, 11) is 0. The summed E-state index contributed by atoms with van der Waals surface area (Å²) in [6, 6.07) is 4.14. The van der Waals surface area contributed by atoms with Crippen LogP contribution in [0.15, 0.2) is 23.1 Å². The Morgan fingerprint density at radius 3 is 2.64 bits per heavy atom. The van der Waals surface area contributed by atoms with Crippen LogP contribution in [0.4, 0.5) is 10.1 Å². The number of hydrogen-bond acceptors (Lipinski definition) is 3. The minimum absolute atomic E-state index is 0.190. The molecule has 1 aromatic carbocycles. The number of nitrogens with zero attached hydrogens (tertiary/aromatic N) is 1. The average molecular weight is 215 g/mol. The number of thioether (sulfide) groups is 1. The molecule has 0 aliphatic heterocycles. The normalized spacial score (nSPS) is 10.6. The van der Waals surface area contributed by atoms with Crippen molar-refractivity contribution < 1.29 is 9.31 Å². The maximum Gasteiger partial charge on any atom is 0.318 e. The molecule has 0 aliphatic carbocycles. The molecule has 14 heavy (non-hydrogen) atoms. The Bertz CT molecular complexity index is 355. The van der Waals surface area contributed by atoms with Crippen LogP contribution in [0.2, 0.25) is 0 Å². The fourth-order valence-electron chi connectivity index (χ4n) is 1.02. The highest BCUT2D eigenvalue weighted by atomic mass is 32.2. The fraction of sp³-hybridized carbons (Fsp3) is 0.333. The molecule has 0 amide bonds. The summed E-state index contributed by atoms with van der Waals surface area (Å²) >= 11 is 1.29. The van der Waals surface area contributed by atoms with Crippen LogP contribution in [0.25, 0.3) is 0 Å². The summed E-state index contributed by atoms with van der Waals surface area (Å²) in [5.41, 5.74) is -0.425. The number of para-hydroxylation sites is 1. The zero-order valence-corrected chi connectivity index (χ0v) is 8.68. The van der Waals surface area contributed by atoms with Crippen LogP contribution in [-0.4, -0.2) is 10.2 Å². The number of nitro benzene ring substituents is 1. The third-order valence-electron chi connectivity index (χ3n) is 1.50. The lowest BCUT2D eigenvalue weighted by molar-refractivity contribution is -0.390. The molecule has 0 N–H and O–H groups in total. The molecule has 0 saturated carbocycles. The summed E-state index contributed by atoms with van der Waals surface area (Å²) in [5, 5.41) is 10.8. The quantitative estimate of drug-likeness (QED) is 0.441. The lowest BCUT2D eigenvalue weighted by Crippen LogP contribution is -1.96. The van der Waals surface area contributed by atoms with E-state index in [9.17, 15) is 14.5 Å². The second-order valence-electron chi connectivity index (χ2n) is 3.01. The molecule has 0 aliphatic rings. The summed E-state index contributed by atoms with van der Waals surface area (Å²) < 4.78 is 13.1. The Morgan fingerprint density at radius 2 is 2.14 bits per heavy atom. The molecule has 0 radical (unpaired) electrons. The summed E-state index contributed by atoms with van der Waals surface area (Å²) in [4.78, 5) is 10.3. The molecule has 0 saturated heterocycles. The van der Waals surface area contributed by atoms with Gasteiger partial charge in [-0.15, -0.1) is 11.8 Å². The minimum atomic E-state index is -0.777. The number of halogens is 1. The highest BCUT2D eigenvalue weighted by Gasteiger charge is 2.20. The van der Waals surface area contributed by atoms with Crippen molar-refractivity contribution in [2.45, 2.75) is 24.0 Å². The van der Waals surface area contributed by atoms with E-state index in [-0.39, 0.29) is 5.25 Å². The number of rotatable bonds is 3. The van der Waals surface area contributed by atoms with E-state index in [0.29, 0.717) is 4.90 Å². The van der Waals surface area contributed by atoms with Gasteiger partial charge in [0.1, 0.15) is 0 Å². The van der Waals surface area contributed by atoms with Gasteiger partial charge in [0, 0.05) is 5.25 Å². The Morgan fingerprint density at radius 1 is 1.50 bits per heavy atom. The molecule has 1 rings (SSSR count). The first kappa shape index (κ1) is 11.0. The van der Waals surface area contributed by atoms with Crippen LogP contribution < -0.4 is 0 Å². The minimum Gasteiger partial charge on any atom is -0.258 e. The lowest BCUT2D eigenvalue weighted by Gasteiger charge is -2.05. The van der Waals surface area contributed by atoms with Gasteiger partial charge in [-0.2, -0.15) is 4.39 Å². The van der Waals surface area contributed by atoms with E-state index >= 15 is 0 Å². The standard InChI is InChI=1S/C9H10FNO2S/c1-6(2)14-8-5-3-4-7(10)9(8)11(12)13/h3-6H,1-2H3. The van der Waals surface area contributed by atoms with Crippen molar-refractivity contribution in [2.24, 2.45) is 0 Å². The third-order valence-corrected chi connectivity index (χ3v) is 2.55. The Labute approximate surface area is 85.5 Å². The van der Waals surface area contributed by atoms with E-state index in [1.807, 2.05) is 13.8 Å². The van der Waals surface area contributed by atoms with Gasteiger partial charge in [0.25, 0.3) is 0 Å². The van der Waals surface area contributed by atoms with Gasteiger partial charge in [0.15, 0.2) is 0 Å². The molecule has 3 nitrogen and oxygen atoms in total. The maximum absolute atomic E-state index is 13.1. The van der Waals surface area contributed by atoms with Crippen molar-refractivity contribution in [1.29, 1.82) is 0 Å². The van der Waals surface area contributed by atoms with E-state index < -0.39 is 16.4 Å². The van der Waals surface area contributed by atoms with Crippen LogP contribution >= 0.6 is 11.8 Å². The van der Waals surface area contributed by atoms with Crippen LogP contribution in [0.3, 0.4) is 0 Å². The third kappa shape index (κ3) is 2.45. The summed E-state index contributed by atoms with van der Waals surface area (Å²) in [6.45, 7) is 3.80. The zero-order chi connectivity index (χ0) is 10.7. The molecular weight excluding hydrogens is 205 g/mol. The molecule has 0 fully saturated rings. The second kappa shape index (κ2) is 4.41. The predicted molar refractivity (Wildman–Crippen MR) is 54.0 cm³/mol. The number of benzene rings is 1. The molecule has 0 atom stereocenters. The molecular formula is C9H10FNO2S. The van der Waals surface area contributed by atoms with Crippen molar-refractivity contribution in [3.8, 4) is 0 Å². The van der Waals surface area contributed by atoms with Gasteiger partial charge in [-0.05, 0) is 12.1 Å². The van der Waals surface area contributed by atoms with Crippen molar-refractivity contribution in [1.82, 2.24) is 0 Å². The first-order chi connectivity index (χ1) is 6.52. The van der Waals surface area contributed by atoms with Crippen LogP contribution in [-0.2, 0) is 0 Å². The predicted octanol–water partition coefficient (Wildman–Crippen LogP) is 3.23. The van der Waals surface area contributed by atoms with Crippen LogP contribution in [0, 0.1) is 15.9 Å². The van der Waals surface area contributed by atoms with E-state index in [1.54, 1.807) is 6.07 Å². The molecule has 5 heteroatoms. The molecule has 0 bridgehead atoms. The Kier molecular flexibility index (Phi) is 3.46. The summed E-state index contributed by atoms with van der Waals surface area (Å²) in [5.74, 6) is -0.777. The SMILES string of the molecule is CC(C)Sc1cccc(F)c1[N+](=O)[O-]. The van der Waals surface area contributed by atoms with Gasteiger partial charge in [-0.25, -0.2) is 0 Å². The first-order valence-corrected chi connectivity index (χ1v) is 5.00. The molecule has 1 aromatic rings. The van der Waals surface area contributed by atoms with Gasteiger partial charge in [0.05, 0.1) is 9.82 Å². The fourth-order valence-corrected chi connectivity index (χ4v) is 1.97. The summed E-state index contributed by atoms with van der Waals surface area (Å²) in [6.07, 6.45) is 0. The van der Waals surface area contributed by atoms with Gasteiger partial charge < -0.3 is 0 Å². The molecule has 0 unspecified atom stereocenters. The van der Waals surface area contributed by atoms with Crippen LogP contribution in [0.5, 0.6) is 0 Å². The van der Waals surface area contributed by atoms with Gasteiger partial charge >= 0.3 is 5.69 Å². The zero-order valence-electron chi connectivity index (χ0n) is 7.86. The lowest BCUT2D eigenvalue weighted by atomic mass is 10.3. The maximum atomic E-state index is 13.1.